The van der Waals surface area contributed by atoms with Crippen LogP contribution in [0.15, 0.2) is 18.2 Å². The monoisotopic (exact) mass is 285 g/mol. The van der Waals surface area contributed by atoms with Gasteiger partial charge < -0.3 is 10.8 Å². The molecule has 0 spiro atoms. The second-order valence-corrected chi connectivity index (χ2v) is 3.87. The van der Waals surface area contributed by atoms with Gasteiger partial charge >= 0.3 is 5.97 Å². The summed E-state index contributed by atoms with van der Waals surface area (Å²) in [6.45, 7) is 0. The molecule has 3 N–H and O–H groups in total. The van der Waals surface area contributed by atoms with Gasteiger partial charge in [0.05, 0.1) is 5.69 Å². The Bertz CT molecular complexity index is 679. The number of nitrogen functional groups attached to an aromatic ring is 1. The zero-order valence-corrected chi connectivity index (χ0v) is 9.95. The summed E-state index contributed by atoms with van der Waals surface area (Å²) in [6.07, 6.45) is 0. The van der Waals surface area contributed by atoms with E-state index >= 15 is 0 Å². The standard InChI is InChI=1S/C11H6ClF2N3O2/c12-11-16-8(7(15)9(17-11)10(18)19)5-2-1-4(13)3-6(5)14/h1-3H,15H2,(H,18,19). The Balaban J connectivity index is 2.72. The smallest absolute Gasteiger partial charge is 0.356 e. The summed E-state index contributed by atoms with van der Waals surface area (Å²) >= 11 is 5.56. The number of carbonyl (C=O) groups is 1. The van der Waals surface area contributed by atoms with Gasteiger partial charge in [-0.05, 0) is 23.7 Å². The maximum absolute atomic E-state index is 13.6. The summed E-state index contributed by atoms with van der Waals surface area (Å²) in [5, 5.41) is 8.49. The maximum atomic E-state index is 13.6. The molecular weight excluding hydrogens is 280 g/mol. The summed E-state index contributed by atoms with van der Waals surface area (Å²) < 4.78 is 26.5. The van der Waals surface area contributed by atoms with Crippen LogP contribution >= 0.6 is 11.6 Å². The van der Waals surface area contributed by atoms with Crippen LogP contribution in [0.4, 0.5) is 14.5 Å². The van der Waals surface area contributed by atoms with Crippen molar-refractivity contribution in [2.24, 2.45) is 0 Å². The molecule has 0 aliphatic heterocycles. The molecule has 0 radical (unpaired) electrons. The van der Waals surface area contributed by atoms with Gasteiger partial charge in [0.25, 0.3) is 0 Å². The zero-order valence-electron chi connectivity index (χ0n) is 9.19. The van der Waals surface area contributed by atoms with Gasteiger partial charge in [-0.15, -0.1) is 0 Å². The van der Waals surface area contributed by atoms with E-state index in [2.05, 4.69) is 9.97 Å². The predicted molar refractivity (Wildman–Crippen MR) is 63.8 cm³/mol. The average molecular weight is 286 g/mol. The van der Waals surface area contributed by atoms with Gasteiger partial charge in [0.2, 0.25) is 5.28 Å². The molecular formula is C11H6ClF2N3O2. The van der Waals surface area contributed by atoms with E-state index in [0.29, 0.717) is 6.07 Å². The normalized spacial score (nSPS) is 10.5. The highest BCUT2D eigenvalue weighted by atomic mass is 35.5. The molecule has 2 rings (SSSR count). The molecule has 0 saturated carbocycles. The van der Waals surface area contributed by atoms with E-state index in [-0.39, 0.29) is 16.9 Å². The minimum Gasteiger partial charge on any atom is -0.476 e. The molecule has 1 aromatic carbocycles. The highest BCUT2D eigenvalue weighted by molar-refractivity contribution is 6.28. The van der Waals surface area contributed by atoms with Crippen molar-refractivity contribution in [3.8, 4) is 11.3 Å². The first-order valence-electron chi connectivity index (χ1n) is 4.92. The highest BCUT2D eigenvalue weighted by Crippen LogP contribution is 2.29. The van der Waals surface area contributed by atoms with E-state index in [1.54, 1.807) is 0 Å². The van der Waals surface area contributed by atoms with Gasteiger partial charge in [-0.2, -0.15) is 0 Å². The number of carboxylic acid groups (broad SMARTS) is 1. The molecule has 98 valence electrons. The third kappa shape index (κ3) is 2.45. The number of carboxylic acids is 1. The summed E-state index contributed by atoms with van der Waals surface area (Å²) in [5.41, 5.74) is 4.32. The molecule has 0 atom stereocenters. The lowest BCUT2D eigenvalue weighted by Gasteiger charge is -2.08. The Morgan fingerprint density at radius 3 is 2.58 bits per heavy atom. The molecule has 5 nitrogen and oxygen atoms in total. The summed E-state index contributed by atoms with van der Waals surface area (Å²) in [4.78, 5) is 18.0. The molecule has 0 aliphatic carbocycles. The zero-order chi connectivity index (χ0) is 14.2. The van der Waals surface area contributed by atoms with Gasteiger partial charge in [0.1, 0.15) is 17.3 Å². The first-order valence-corrected chi connectivity index (χ1v) is 5.29. The lowest BCUT2D eigenvalue weighted by molar-refractivity contribution is 0.0691. The van der Waals surface area contributed by atoms with Crippen molar-refractivity contribution in [3.63, 3.8) is 0 Å². The second kappa shape index (κ2) is 4.77. The molecule has 0 bridgehead atoms. The van der Waals surface area contributed by atoms with E-state index in [9.17, 15) is 13.6 Å². The number of anilines is 1. The highest BCUT2D eigenvalue weighted by Gasteiger charge is 2.20. The summed E-state index contributed by atoms with van der Waals surface area (Å²) in [6, 6.07) is 2.71. The molecule has 0 fully saturated rings. The Labute approximate surface area is 110 Å². The predicted octanol–water partition coefficient (Wildman–Crippen LogP) is 2.36. The minimum absolute atomic E-state index is 0.161. The van der Waals surface area contributed by atoms with Gasteiger partial charge in [-0.1, -0.05) is 0 Å². The Morgan fingerprint density at radius 2 is 2.00 bits per heavy atom. The quantitative estimate of drug-likeness (QED) is 0.827. The first-order chi connectivity index (χ1) is 8.90. The SMILES string of the molecule is Nc1c(C(=O)O)nc(Cl)nc1-c1ccc(F)cc1F. The van der Waals surface area contributed by atoms with Crippen LogP contribution in [0.1, 0.15) is 10.5 Å². The molecule has 1 aromatic heterocycles. The van der Waals surface area contributed by atoms with Crippen molar-refractivity contribution < 1.29 is 18.7 Å². The number of aromatic carboxylic acids is 1. The lowest BCUT2D eigenvalue weighted by Crippen LogP contribution is -2.09. The number of hydrogen-bond donors (Lipinski definition) is 2. The largest absolute Gasteiger partial charge is 0.476 e. The summed E-state index contributed by atoms with van der Waals surface area (Å²) in [7, 11) is 0. The van der Waals surface area contributed by atoms with E-state index in [1.807, 2.05) is 0 Å². The summed E-state index contributed by atoms with van der Waals surface area (Å²) in [5.74, 6) is -3.14. The van der Waals surface area contributed by atoms with Crippen LogP contribution in [0.3, 0.4) is 0 Å². The molecule has 2 aromatic rings. The molecule has 0 saturated heterocycles. The van der Waals surface area contributed by atoms with Crippen LogP contribution in [0.2, 0.25) is 5.28 Å². The minimum atomic E-state index is -1.43. The lowest BCUT2D eigenvalue weighted by atomic mass is 10.1. The molecule has 0 aliphatic rings. The van der Waals surface area contributed by atoms with Crippen molar-refractivity contribution in [1.29, 1.82) is 0 Å². The van der Waals surface area contributed by atoms with Crippen LogP contribution in [0.25, 0.3) is 11.3 Å². The van der Waals surface area contributed by atoms with E-state index < -0.39 is 28.6 Å². The number of aromatic nitrogens is 2. The van der Waals surface area contributed by atoms with Crippen LogP contribution in [0, 0.1) is 11.6 Å². The second-order valence-electron chi connectivity index (χ2n) is 3.53. The molecule has 0 amide bonds. The van der Waals surface area contributed by atoms with Crippen molar-refractivity contribution >= 4 is 23.3 Å². The Kier molecular flexibility index (Phi) is 3.30. The van der Waals surface area contributed by atoms with Gasteiger partial charge in [-0.25, -0.2) is 23.5 Å². The van der Waals surface area contributed by atoms with E-state index in [1.165, 1.54) is 0 Å². The third-order valence-electron chi connectivity index (χ3n) is 2.31. The Morgan fingerprint density at radius 1 is 1.32 bits per heavy atom. The Hall–Kier alpha value is -2.28. The fourth-order valence-corrected chi connectivity index (χ4v) is 1.66. The third-order valence-corrected chi connectivity index (χ3v) is 2.48. The number of nitrogens with zero attached hydrogens (tertiary/aromatic N) is 2. The average Bonchev–Trinajstić information content (AvgIpc) is 2.32. The van der Waals surface area contributed by atoms with Crippen molar-refractivity contribution in [1.82, 2.24) is 9.97 Å². The fourth-order valence-electron chi connectivity index (χ4n) is 1.49. The van der Waals surface area contributed by atoms with Crippen molar-refractivity contribution in [2.75, 3.05) is 5.73 Å². The number of hydrogen-bond acceptors (Lipinski definition) is 4. The molecule has 1 heterocycles. The molecule has 8 heteroatoms. The van der Waals surface area contributed by atoms with Gasteiger partial charge in [0, 0.05) is 11.6 Å². The number of benzene rings is 1. The van der Waals surface area contributed by atoms with Crippen molar-refractivity contribution in [3.05, 3.63) is 40.8 Å². The van der Waals surface area contributed by atoms with Crippen LogP contribution < -0.4 is 5.73 Å². The van der Waals surface area contributed by atoms with Gasteiger partial charge in [0.15, 0.2) is 5.69 Å². The van der Waals surface area contributed by atoms with Crippen LogP contribution in [-0.2, 0) is 0 Å². The van der Waals surface area contributed by atoms with Gasteiger partial charge in [-0.3, -0.25) is 0 Å². The molecule has 0 unspecified atom stereocenters. The van der Waals surface area contributed by atoms with Crippen molar-refractivity contribution in [2.45, 2.75) is 0 Å². The first kappa shape index (κ1) is 13.2. The topological polar surface area (TPSA) is 89.1 Å². The van der Waals surface area contributed by atoms with Crippen LogP contribution in [0.5, 0.6) is 0 Å². The maximum Gasteiger partial charge on any atom is 0.356 e. The number of rotatable bonds is 2. The number of halogens is 3. The van der Waals surface area contributed by atoms with E-state index in [4.69, 9.17) is 22.4 Å². The molecule has 19 heavy (non-hydrogen) atoms. The fraction of sp³-hybridized carbons (Fsp3) is 0. The number of nitrogens with two attached hydrogens (primary N) is 1. The van der Waals surface area contributed by atoms with Crippen LogP contribution in [-0.4, -0.2) is 21.0 Å². The van der Waals surface area contributed by atoms with E-state index in [0.717, 1.165) is 12.1 Å².